The molecule has 2 heterocycles. The molecule has 0 radical (unpaired) electrons. The molecule has 4 amide bonds. The van der Waals surface area contributed by atoms with Crippen molar-refractivity contribution in [2.24, 2.45) is 0 Å². The van der Waals surface area contributed by atoms with Crippen molar-refractivity contribution in [1.82, 2.24) is 20.4 Å². The van der Waals surface area contributed by atoms with Gasteiger partial charge >= 0.3 is 0 Å². The van der Waals surface area contributed by atoms with E-state index in [2.05, 4.69) is 10.6 Å². The molecule has 0 saturated heterocycles. The van der Waals surface area contributed by atoms with Crippen molar-refractivity contribution in [2.75, 3.05) is 27.4 Å². The number of benzene rings is 5. The monoisotopic (exact) mass is 544 g/mol. The Morgan fingerprint density at radius 2 is 0.947 bits per heavy atom. The van der Waals surface area contributed by atoms with Gasteiger partial charge in [-0.25, -0.2) is 0 Å². The van der Waals surface area contributed by atoms with E-state index < -0.39 is 23.6 Å². The summed E-state index contributed by atoms with van der Waals surface area (Å²) in [4.78, 5) is 55.7. The van der Waals surface area contributed by atoms with Crippen LogP contribution in [0.2, 0.25) is 10.0 Å². The van der Waals surface area contributed by atoms with Crippen LogP contribution in [-0.4, -0.2) is 60.9 Å². The molecule has 0 atom stereocenters. The Bertz CT molecular complexity index is 1840. The van der Waals surface area contributed by atoms with Crippen molar-refractivity contribution in [1.29, 1.82) is 0 Å². The highest BCUT2D eigenvalue weighted by Crippen LogP contribution is 2.50. The van der Waals surface area contributed by atoms with E-state index in [1.807, 2.05) is 12.1 Å². The number of rotatable bonds is 4. The lowest BCUT2D eigenvalue weighted by molar-refractivity contribution is 0.0586. The Morgan fingerprint density at radius 3 is 1.37 bits per heavy atom. The second-order valence-corrected chi connectivity index (χ2v) is 10.3. The van der Waals surface area contributed by atoms with Gasteiger partial charge in [0.2, 0.25) is 0 Å². The van der Waals surface area contributed by atoms with Gasteiger partial charge in [-0.15, -0.1) is 0 Å². The van der Waals surface area contributed by atoms with E-state index in [-0.39, 0.29) is 13.3 Å². The van der Waals surface area contributed by atoms with E-state index in [1.54, 1.807) is 38.4 Å². The van der Waals surface area contributed by atoms with Gasteiger partial charge in [-0.3, -0.25) is 29.0 Å². The fraction of sp³-hybridized carbons (Fsp3) is 0.143. The molecule has 5 aromatic rings. The van der Waals surface area contributed by atoms with Crippen LogP contribution in [0.15, 0.2) is 36.4 Å². The SMILES string of the molecule is CNCN1C(=O)c2ccc3c4c(Cl)cc5c6c(cc(Cl)c(c7ccc(c2c37)C1=O)c64)C(=O)N(CNC)C5=O. The minimum atomic E-state index is -0.449. The van der Waals surface area contributed by atoms with Crippen LogP contribution in [0.25, 0.3) is 43.1 Å². The van der Waals surface area contributed by atoms with Gasteiger partial charge in [0.25, 0.3) is 23.6 Å². The lowest BCUT2D eigenvalue weighted by Crippen LogP contribution is -2.44. The number of carbonyl (C=O) groups is 4. The number of amides is 4. The van der Waals surface area contributed by atoms with Crippen LogP contribution in [0.4, 0.5) is 0 Å². The lowest BCUT2D eigenvalue weighted by Gasteiger charge is -2.30. The Balaban J connectivity index is 1.69. The Labute approximate surface area is 225 Å². The fourth-order valence-corrected chi connectivity index (χ4v) is 6.68. The molecule has 8 nitrogen and oxygen atoms in total. The van der Waals surface area contributed by atoms with E-state index in [1.165, 1.54) is 4.90 Å². The second kappa shape index (κ2) is 7.85. The molecule has 2 aliphatic rings. The molecule has 2 aliphatic heterocycles. The third-order valence-corrected chi connectivity index (χ3v) is 8.14. The summed E-state index contributed by atoms with van der Waals surface area (Å²) in [7, 11) is 3.32. The van der Waals surface area contributed by atoms with Crippen molar-refractivity contribution < 1.29 is 19.2 Å². The zero-order valence-corrected chi connectivity index (χ0v) is 21.7. The Kier molecular flexibility index (Phi) is 4.81. The molecule has 0 aliphatic carbocycles. The van der Waals surface area contributed by atoms with Crippen molar-refractivity contribution in [3.63, 3.8) is 0 Å². The molecular formula is C28H18Cl2N4O4. The molecule has 38 heavy (non-hydrogen) atoms. The maximum absolute atomic E-state index is 13.4. The van der Waals surface area contributed by atoms with Gasteiger partial charge in [-0.1, -0.05) is 35.3 Å². The Morgan fingerprint density at radius 1 is 0.553 bits per heavy atom. The average molecular weight is 545 g/mol. The minimum absolute atomic E-state index is 0.0393. The van der Waals surface area contributed by atoms with Crippen LogP contribution in [0, 0.1) is 0 Å². The predicted octanol–water partition coefficient (Wildman–Crippen LogP) is 4.59. The van der Waals surface area contributed by atoms with Gasteiger partial charge < -0.3 is 10.6 Å². The topological polar surface area (TPSA) is 98.8 Å². The molecule has 0 saturated carbocycles. The number of fused-ring (bicyclic) bond motifs is 2. The van der Waals surface area contributed by atoms with Crippen LogP contribution in [0.1, 0.15) is 41.4 Å². The molecule has 2 N–H and O–H groups in total. The molecule has 0 unspecified atom stereocenters. The number of nitrogens with one attached hydrogen (secondary N) is 2. The minimum Gasteiger partial charge on any atom is -0.302 e. The van der Waals surface area contributed by atoms with Crippen LogP contribution in [-0.2, 0) is 0 Å². The van der Waals surface area contributed by atoms with Gasteiger partial charge in [0.1, 0.15) is 0 Å². The summed E-state index contributed by atoms with van der Waals surface area (Å²) in [5.41, 5.74) is 1.45. The van der Waals surface area contributed by atoms with Crippen molar-refractivity contribution >= 4 is 89.9 Å². The molecule has 0 spiro atoms. The summed E-state index contributed by atoms with van der Waals surface area (Å²) in [5, 5.41) is 11.3. The molecular weight excluding hydrogens is 527 g/mol. The standard InChI is InChI=1S/C28H18Cl2N4O4/c1-31-9-33-25(35)13-5-3-11-19-12(4-6-14(20(13)19)26(33)36)23-18(30)8-16-21-15(7-17(29)22(11)24(21)23)27(37)34(10-32-2)28(16)38/h3-8,31-32H,9-10H2,1-2H3. The van der Waals surface area contributed by atoms with Crippen molar-refractivity contribution in [3.05, 3.63) is 68.7 Å². The first kappa shape index (κ1) is 23.3. The van der Waals surface area contributed by atoms with Gasteiger partial charge in [0.15, 0.2) is 0 Å². The predicted molar refractivity (Wildman–Crippen MR) is 147 cm³/mol. The first-order valence-electron chi connectivity index (χ1n) is 11.9. The average Bonchev–Trinajstić information content (AvgIpc) is 2.90. The number of imide groups is 2. The first-order valence-corrected chi connectivity index (χ1v) is 12.7. The van der Waals surface area contributed by atoms with Crippen molar-refractivity contribution in [2.45, 2.75) is 0 Å². The summed E-state index contributed by atoms with van der Waals surface area (Å²) in [6, 6.07) is 10.2. The molecule has 0 aromatic heterocycles. The normalized spacial score (nSPS) is 15.4. The van der Waals surface area contributed by atoms with E-state index in [4.69, 9.17) is 23.2 Å². The molecule has 7 rings (SSSR count). The second-order valence-electron chi connectivity index (χ2n) is 9.48. The molecule has 188 valence electrons. The highest BCUT2D eigenvalue weighted by molar-refractivity contribution is 6.51. The van der Waals surface area contributed by atoms with Crippen LogP contribution >= 0.6 is 23.2 Å². The fourth-order valence-electron chi connectivity index (χ4n) is 6.07. The van der Waals surface area contributed by atoms with Gasteiger partial charge in [-0.05, 0) is 54.5 Å². The summed E-state index contributed by atoms with van der Waals surface area (Å²) in [6.07, 6.45) is 0. The highest BCUT2D eigenvalue weighted by Gasteiger charge is 2.37. The van der Waals surface area contributed by atoms with E-state index in [0.717, 1.165) is 4.90 Å². The number of halogens is 2. The number of carbonyl (C=O) groups excluding carboxylic acids is 4. The largest absolute Gasteiger partial charge is 0.302 e. The number of hydrogen-bond acceptors (Lipinski definition) is 6. The zero-order chi connectivity index (χ0) is 26.6. The maximum atomic E-state index is 13.4. The summed E-state index contributed by atoms with van der Waals surface area (Å²) in [6.45, 7) is 0.123. The molecule has 10 heteroatoms. The van der Waals surface area contributed by atoms with Gasteiger partial charge in [0, 0.05) is 48.1 Å². The molecule has 0 fully saturated rings. The summed E-state index contributed by atoms with van der Waals surface area (Å²) >= 11 is 13.8. The van der Waals surface area contributed by atoms with E-state index in [0.29, 0.717) is 75.4 Å². The number of hydrogen-bond donors (Lipinski definition) is 2. The lowest BCUT2D eigenvalue weighted by atomic mass is 9.82. The third kappa shape index (κ3) is 2.67. The smallest absolute Gasteiger partial charge is 0.262 e. The number of nitrogens with zero attached hydrogens (tertiary/aromatic N) is 2. The van der Waals surface area contributed by atoms with Crippen LogP contribution in [0.5, 0.6) is 0 Å². The summed E-state index contributed by atoms with van der Waals surface area (Å²) < 4.78 is 0. The maximum Gasteiger partial charge on any atom is 0.262 e. The van der Waals surface area contributed by atoms with Crippen LogP contribution in [0.3, 0.4) is 0 Å². The molecule has 5 aromatic carbocycles. The quantitative estimate of drug-likeness (QED) is 0.195. The van der Waals surface area contributed by atoms with Crippen molar-refractivity contribution in [3.8, 4) is 0 Å². The van der Waals surface area contributed by atoms with E-state index >= 15 is 0 Å². The van der Waals surface area contributed by atoms with E-state index in [9.17, 15) is 19.2 Å². The van der Waals surface area contributed by atoms with Gasteiger partial charge in [-0.2, -0.15) is 0 Å². The third-order valence-electron chi connectivity index (χ3n) is 7.54. The van der Waals surface area contributed by atoms with Crippen LogP contribution < -0.4 is 10.6 Å². The summed E-state index contributed by atoms with van der Waals surface area (Å²) in [5.74, 6) is -1.69. The van der Waals surface area contributed by atoms with Gasteiger partial charge in [0.05, 0.1) is 24.5 Å². The molecule has 0 bridgehead atoms. The zero-order valence-electron chi connectivity index (χ0n) is 20.2. The Hall–Kier alpha value is -3.82. The highest BCUT2D eigenvalue weighted by atomic mass is 35.5. The first-order chi connectivity index (χ1) is 18.3.